The summed E-state index contributed by atoms with van der Waals surface area (Å²) in [6.45, 7) is 6.15. The second-order valence-corrected chi connectivity index (χ2v) is 12.8. The molecule has 4 nitrogen and oxygen atoms in total. The van der Waals surface area contributed by atoms with Gasteiger partial charge in [-0.1, -0.05) is 108 Å². The zero-order valence-electron chi connectivity index (χ0n) is 19.8. The summed E-state index contributed by atoms with van der Waals surface area (Å²) in [7, 11) is 0. The number of hydrogen-bond donors (Lipinski definition) is 1. The molecule has 0 saturated heterocycles. The van der Waals surface area contributed by atoms with Crippen LogP contribution in [0, 0.1) is 11.3 Å². The Balaban J connectivity index is 4.13. The van der Waals surface area contributed by atoms with Crippen LogP contribution in [-0.4, -0.2) is 30.6 Å². The van der Waals surface area contributed by atoms with Crippen molar-refractivity contribution in [2.24, 2.45) is 0 Å². The molecule has 0 amide bonds. The molecule has 0 aliphatic heterocycles. The number of thioether (sulfide) groups is 3. The van der Waals surface area contributed by atoms with E-state index in [9.17, 15) is 14.9 Å². The Hall–Kier alpha value is -0.320. The Kier molecular flexibility index (Phi) is 20.1. The fourth-order valence-electron chi connectivity index (χ4n) is 3.18. The van der Waals surface area contributed by atoms with Gasteiger partial charge in [0.25, 0.3) is 0 Å². The first kappa shape index (κ1) is 30.7. The zero-order chi connectivity index (χ0) is 23.4. The molecule has 1 N–H and O–H groups in total. The van der Waals surface area contributed by atoms with E-state index in [1.807, 2.05) is 0 Å². The van der Waals surface area contributed by atoms with Gasteiger partial charge in [-0.2, -0.15) is 5.26 Å². The predicted molar refractivity (Wildman–Crippen MR) is 139 cm³/mol. The van der Waals surface area contributed by atoms with Gasteiger partial charge in [0.15, 0.2) is 0 Å². The van der Waals surface area contributed by atoms with Gasteiger partial charge in [0.2, 0.25) is 4.45 Å². The van der Waals surface area contributed by atoms with E-state index in [1.165, 1.54) is 93.1 Å². The van der Waals surface area contributed by atoms with Crippen LogP contribution in [0.25, 0.3) is 0 Å². The first-order valence-electron chi connectivity index (χ1n) is 12.0. The van der Waals surface area contributed by atoms with Crippen LogP contribution in [0.15, 0.2) is 0 Å². The van der Waals surface area contributed by atoms with Crippen molar-refractivity contribution >= 4 is 45.7 Å². The summed E-state index contributed by atoms with van der Waals surface area (Å²) in [4.78, 5) is 23.4. The number of rotatable bonds is 20. The van der Waals surface area contributed by atoms with Crippen molar-refractivity contribution in [3.05, 3.63) is 0 Å². The average molecular weight is 490 g/mol. The number of carboxylic acids is 1. The van der Waals surface area contributed by atoms with Crippen LogP contribution in [0.5, 0.6) is 0 Å². The van der Waals surface area contributed by atoms with E-state index in [1.54, 1.807) is 6.92 Å². The van der Waals surface area contributed by atoms with Crippen LogP contribution in [0.4, 0.5) is 4.79 Å². The van der Waals surface area contributed by atoms with Crippen LogP contribution >= 0.6 is 35.3 Å². The van der Waals surface area contributed by atoms with Crippen molar-refractivity contribution in [3.8, 4) is 6.07 Å². The van der Waals surface area contributed by atoms with Crippen molar-refractivity contribution in [2.75, 3.05) is 5.75 Å². The first-order valence-corrected chi connectivity index (χ1v) is 14.8. The van der Waals surface area contributed by atoms with Crippen LogP contribution in [-0.2, 0) is 4.79 Å². The highest BCUT2D eigenvalue weighted by Crippen LogP contribution is 2.42. The molecule has 2 atom stereocenters. The van der Waals surface area contributed by atoms with Crippen LogP contribution in [0.3, 0.4) is 0 Å². The second-order valence-electron chi connectivity index (χ2n) is 8.32. The molecule has 0 aromatic carbocycles. The lowest BCUT2D eigenvalue weighted by atomic mass is 10.1. The third kappa shape index (κ3) is 18.9. The Bertz CT molecular complexity index is 525. The number of nitriles is 1. The Morgan fingerprint density at radius 1 is 0.935 bits per heavy atom. The molecular formula is C24H43NO3S3. The number of carbonyl (C=O) groups excluding carboxylic acids is 1. The molecule has 31 heavy (non-hydrogen) atoms. The standard InChI is InChI=1S/C24H43NO3S3/c1-4-6-8-9-10-11-12-13-14-15-19-29-23(28)30-22(16-7-5-2)31-24(3,20-25)18-17-21(26)27/h22H,4-19H2,1-3H3,(H,26,27). The van der Waals surface area contributed by atoms with Crippen LogP contribution in [0.2, 0.25) is 0 Å². The topological polar surface area (TPSA) is 78.2 Å². The normalized spacial score (nSPS) is 14.0. The molecule has 0 aromatic rings. The minimum atomic E-state index is -0.886. The van der Waals surface area contributed by atoms with Gasteiger partial charge < -0.3 is 5.11 Å². The van der Waals surface area contributed by atoms with Crippen molar-refractivity contribution < 1.29 is 14.7 Å². The number of carboxylic acid groups (broad SMARTS) is 1. The van der Waals surface area contributed by atoms with Crippen molar-refractivity contribution in [1.82, 2.24) is 0 Å². The number of carbonyl (C=O) groups is 2. The molecule has 180 valence electrons. The van der Waals surface area contributed by atoms with E-state index in [0.717, 1.165) is 31.4 Å². The largest absolute Gasteiger partial charge is 0.481 e. The first-order chi connectivity index (χ1) is 14.9. The summed E-state index contributed by atoms with van der Waals surface area (Å²) in [5.41, 5.74) is 0. The van der Waals surface area contributed by atoms with E-state index in [0.29, 0.717) is 6.42 Å². The van der Waals surface area contributed by atoms with Gasteiger partial charge in [-0.15, -0.1) is 11.8 Å². The van der Waals surface area contributed by atoms with E-state index in [2.05, 4.69) is 19.9 Å². The van der Waals surface area contributed by atoms with Gasteiger partial charge in [-0.25, -0.2) is 0 Å². The van der Waals surface area contributed by atoms with Crippen molar-refractivity contribution in [2.45, 2.75) is 126 Å². The molecule has 7 heteroatoms. The highest BCUT2D eigenvalue weighted by atomic mass is 32.2. The number of aliphatic carboxylic acids is 1. The van der Waals surface area contributed by atoms with Gasteiger partial charge in [0, 0.05) is 12.2 Å². The lowest BCUT2D eigenvalue weighted by Gasteiger charge is -2.25. The van der Waals surface area contributed by atoms with Gasteiger partial charge in [-0.3, -0.25) is 9.59 Å². The minimum Gasteiger partial charge on any atom is -0.481 e. The lowest BCUT2D eigenvalue weighted by Crippen LogP contribution is -2.22. The highest BCUT2D eigenvalue weighted by molar-refractivity contribution is 8.41. The Morgan fingerprint density at radius 3 is 2.00 bits per heavy atom. The summed E-state index contributed by atoms with van der Waals surface area (Å²) in [6.07, 6.45) is 16.1. The third-order valence-electron chi connectivity index (χ3n) is 5.18. The molecule has 0 fully saturated rings. The predicted octanol–water partition coefficient (Wildman–Crippen LogP) is 8.89. The summed E-state index contributed by atoms with van der Waals surface area (Å²) in [5, 5.41) is 18.5. The van der Waals surface area contributed by atoms with Crippen molar-refractivity contribution in [3.63, 3.8) is 0 Å². The summed E-state index contributed by atoms with van der Waals surface area (Å²) < 4.78 is -0.639. The smallest absolute Gasteiger partial charge is 0.303 e. The lowest BCUT2D eigenvalue weighted by molar-refractivity contribution is -0.137. The second kappa shape index (κ2) is 20.3. The summed E-state index contributed by atoms with van der Waals surface area (Å²) in [5.74, 6) is -0.0230. The van der Waals surface area contributed by atoms with E-state index >= 15 is 0 Å². The summed E-state index contributed by atoms with van der Waals surface area (Å²) in [6, 6.07) is 2.27. The van der Waals surface area contributed by atoms with E-state index in [4.69, 9.17) is 5.11 Å². The van der Waals surface area contributed by atoms with Gasteiger partial charge in [0.05, 0.1) is 10.7 Å². The van der Waals surface area contributed by atoms with Gasteiger partial charge in [-0.05, 0) is 26.2 Å². The van der Waals surface area contributed by atoms with Gasteiger partial charge in [0.1, 0.15) is 4.75 Å². The quantitative estimate of drug-likeness (QED) is 0.135. The molecule has 0 aromatic heterocycles. The molecule has 0 aliphatic carbocycles. The SMILES string of the molecule is CCCCCCCCCCCCSC(=O)SC(CCCC)SC(C)(C#N)CCC(=O)O. The Labute approximate surface area is 203 Å². The zero-order valence-corrected chi connectivity index (χ0v) is 22.3. The highest BCUT2D eigenvalue weighted by Gasteiger charge is 2.31. The molecular weight excluding hydrogens is 446 g/mol. The maximum Gasteiger partial charge on any atom is 0.303 e. The van der Waals surface area contributed by atoms with Crippen molar-refractivity contribution in [1.29, 1.82) is 5.26 Å². The molecule has 0 saturated carbocycles. The van der Waals surface area contributed by atoms with Crippen LogP contribution in [0.1, 0.15) is 117 Å². The molecule has 2 unspecified atom stereocenters. The maximum atomic E-state index is 12.5. The molecule has 0 bridgehead atoms. The molecule has 0 radical (unpaired) electrons. The number of nitrogens with zero attached hydrogens (tertiary/aromatic N) is 1. The number of unbranched alkanes of at least 4 members (excludes halogenated alkanes) is 10. The number of hydrogen-bond acceptors (Lipinski definition) is 6. The molecule has 0 rings (SSSR count). The minimum absolute atomic E-state index is 0.00565. The molecule has 0 aliphatic rings. The van der Waals surface area contributed by atoms with Gasteiger partial charge >= 0.3 is 5.97 Å². The average Bonchev–Trinajstić information content (AvgIpc) is 2.74. The monoisotopic (exact) mass is 489 g/mol. The van der Waals surface area contributed by atoms with E-state index < -0.39 is 10.7 Å². The van der Waals surface area contributed by atoms with Crippen LogP contribution < -0.4 is 0 Å². The molecule has 0 heterocycles. The fourth-order valence-corrected chi connectivity index (χ4v) is 7.47. The van der Waals surface area contributed by atoms with E-state index in [-0.39, 0.29) is 15.5 Å². The molecule has 0 spiro atoms. The Morgan fingerprint density at radius 2 is 1.48 bits per heavy atom. The third-order valence-corrected chi connectivity index (χ3v) is 9.14. The maximum absolute atomic E-state index is 12.5. The summed E-state index contributed by atoms with van der Waals surface area (Å²) >= 11 is 4.20. The fraction of sp³-hybridized carbons (Fsp3) is 0.875.